The largest absolute Gasteiger partial charge is 0.493 e. The summed E-state index contributed by atoms with van der Waals surface area (Å²) in [5.74, 6) is 1.59. The smallest absolute Gasteiger partial charge is 0.161 e. The Bertz CT molecular complexity index is 474. The van der Waals surface area contributed by atoms with Crippen LogP contribution in [0.15, 0.2) is 29.2 Å². The van der Waals surface area contributed by atoms with Gasteiger partial charge in [0.15, 0.2) is 11.5 Å². The number of hydrogen-bond donors (Lipinski definition) is 1. The Balaban J connectivity index is 2.10. The van der Waals surface area contributed by atoms with Crippen molar-refractivity contribution in [3.63, 3.8) is 0 Å². The summed E-state index contributed by atoms with van der Waals surface area (Å²) in [5.41, 5.74) is 1.27. The summed E-state index contributed by atoms with van der Waals surface area (Å²) < 4.78 is 10.8. The van der Waals surface area contributed by atoms with Gasteiger partial charge in [-0.1, -0.05) is 12.2 Å². The first kappa shape index (κ1) is 15.3. The fraction of sp³-hybridized carbons (Fsp3) is 0.500. The van der Waals surface area contributed by atoms with Gasteiger partial charge in [0, 0.05) is 17.5 Å². The van der Waals surface area contributed by atoms with Crippen LogP contribution in [-0.2, 0) is 6.54 Å². The van der Waals surface area contributed by atoms with Crippen LogP contribution < -0.4 is 14.8 Å². The molecule has 20 heavy (non-hydrogen) atoms. The van der Waals surface area contributed by atoms with Crippen LogP contribution in [0.1, 0.15) is 24.8 Å². The molecule has 3 nitrogen and oxygen atoms in total. The maximum Gasteiger partial charge on any atom is 0.161 e. The lowest BCUT2D eigenvalue weighted by Crippen LogP contribution is -2.29. The highest BCUT2D eigenvalue weighted by molar-refractivity contribution is 7.98. The predicted molar refractivity (Wildman–Crippen MR) is 84.9 cm³/mol. The van der Waals surface area contributed by atoms with Crippen molar-refractivity contribution in [1.29, 1.82) is 0 Å². The molecule has 0 spiro atoms. The van der Waals surface area contributed by atoms with E-state index in [0.29, 0.717) is 6.04 Å². The van der Waals surface area contributed by atoms with Gasteiger partial charge in [-0.05, 0) is 43.2 Å². The first-order valence-corrected chi connectivity index (χ1v) is 8.18. The molecule has 1 N–H and O–H groups in total. The molecule has 2 rings (SSSR count). The molecule has 0 bridgehead atoms. The Kier molecular flexibility index (Phi) is 5.80. The van der Waals surface area contributed by atoms with Crippen molar-refractivity contribution in [3.8, 4) is 11.5 Å². The number of nitrogens with one attached hydrogen (secondary N) is 1. The first-order chi connectivity index (χ1) is 9.78. The molecule has 1 unspecified atom stereocenters. The Morgan fingerprint density at radius 2 is 1.95 bits per heavy atom. The molecule has 110 valence electrons. The second kappa shape index (κ2) is 7.60. The van der Waals surface area contributed by atoms with Gasteiger partial charge in [-0.25, -0.2) is 0 Å². The van der Waals surface area contributed by atoms with Crippen LogP contribution >= 0.6 is 11.8 Å². The van der Waals surface area contributed by atoms with Crippen LogP contribution in [0.3, 0.4) is 0 Å². The van der Waals surface area contributed by atoms with Crippen LogP contribution in [0.25, 0.3) is 0 Å². The van der Waals surface area contributed by atoms with Crippen LogP contribution in [0.2, 0.25) is 0 Å². The third-order valence-electron chi connectivity index (χ3n) is 3.64. The third kappa shape index (κ3) is 3.70. The molecule has 0 saturated heterocycles. The highest BCUT2D eigenvalue weighted by atomic mass is 32.2. The zero-order valence-electron chi connectivity index (χ0n) is 12.4. The standard InChI is InChI=1S/C16H23NO2S/c1-18-14-9-12(16(20-3)10-15(14)19-2)11-17-13-7-5-4-6-8-13/h4-5,9-10,13,17H,6-8,11H2,1-3H3. The normalized spacial score (nSPS) is 18.1. The highest BCUT2D eigenvalue weighted by Gasteiger charge is 2.13. The van der Waals surface area contributed by atoms with Crippen molar-refractivity contribution in [2.24, 2.45) is 0 Å². The summed E-state index contributed by atoms with van der Waals surface area (Å²) in [4.78, 5) is 1.24. The quantitative estimate of drug-likeness (QED) is 0.641. The summed E-state index contributed by atoms with van der Waals surface area (Å²) in [6, 6.07) is 4.72. The Morgan fingerprint density at radius 1 is 1.20 bits per heavy atom. The molecule has 0 amide bonds. The van der Waals surface area contributed by atoms with Gasteiger partial charge in [0.2, 0.25) is 0 Å². The zero-order chi connectivity index (χ0) is 14.4. The highest BCUT2D eigenvalue weighted by Crippen LogP contribution is 2.34. The summed E-state index contributed by atoms with van der Waals surface area (Å²) in [7, 11) is 3.36. The predicted octanol–water partition coefficient (Wildman–Crippen LogP) is 3.62. The molecule has 0 heterocycles. The minimum absolute atomic E-state index is 0.586. The summed E-state index contributed by atoms with van der Waals surface area (Å²) in [6.45, 7) is 0.870. The number of rotatable bonds is 6. The number of ether oxygens (including phenoxy) is 2. The SMILES string of the molecule is COc1cc(CNC2CC=CCC2)c(SC)cc1OC. The van der Waals surface area contributed by atoms with Crippen molar-refractivity contribution in [1.82, 2.24) is 5.32 Å². The molecule has 4 heteroatoms. The molecular weight excluding hydrogens is 270 g/mol. The summed E-state index contributed by atoms with van der Waals surface area (Å²) in [6.07, 6.45) is 10.2. The van der Waals surface area contributed by atoms with E-state index < -0.39 is 0 Å². The first-order valence-electron chi connectivity index (χ1n) is 6.95. The number of methoxy groups -OCH3 is 2. The van der Waals surface area contributed by atoms with E-state index in [-0.39, 0.29) is 0 Å². The van der Waals surface area contributed by atoms with E-state index in [1.54, 1.807) is 26.0 Å². The van der Waals surface area contributed by atoms with E-state index in [4.69, 9.17) is 9.47 Å². The molecule has 1 aliphatic carbocycles. The monoisotopic (exact) mass is 293 g/mol. The summed E-state index contributed by atoms with van der Waals surface area (Å²) >= 11 is 1.74. The number of hydrogen-bond acceptors (Lipinski definition) is 4. The molecule has 1 aliphatic rings. The second-order valence-corrected chi connectivity index (χ2v) is 5.73. The lowest BCUT2D eigenvalue weighted by Gasteiger charge is -2.21. The van der Waals surface area contributed by atoms with Gasteiger partial charge in [-0.2, -0.15) is 0 Å². The zero-order valence-corrected chi connectivity index (χ0v) is 13.3. The average Bonchev–Trinajstić information content (AvgIpc) is 2.52. The van der Waals surface area contributed by atoms with Crippen molar-refractivity contribution >= 4 is 11.8 Å². The average molecular weight is 293 g/mol. The second-order valence-electron chi connectivity index (χ2n) is 4.88. The van der Waals surface area contributed by atoms with E-state index >= 15 is 0 Å². The number of thioether (sulfide) groups is 1. The maximum absolute atomic E-state index is 5.39. The van der Waals surface area contributed by atoms with Gasteiger partial charge in [0.25, 0.3) is 0 Å². The van der Waals surface area contributed by atoms with Crippen molar-refractivity contribution in [2.75, 3.05) is 20.5 Å². The van der Waals surface area contributed by atoms with Gasteiger partial charge in [0.05, 0.1) is 14.2 Å². The molecule has 0 aliphatic heterocycles. The minimum atomic E-state index is 0.586. The lowest BCUT2D eigenvalue weighted by atomic mass is 10.0. The summed E-state index contributed by atoms with van der Waals surface area (Å²) in [5, 5.41) is 3.64. The van der Waals surface area contributed by atoms with Crippen molar-refractivity contribution in [2.45, 2.75) is 36.7 Å². The van der Waals surface area contributed by atoms with Crippen LogP contribution in [0.4, 0.5) is 0 Å². The lowest BCUT2D eigenvalue weighted by molar-refractivity contribution is 0.353. The van der Waals surface area contributed by atoms with E-state index in [2.05, 4.69) is 35.9 Å². The van der Waals surface area contributed by atoms with E-state index in [0.717, 1.165) is 24.5 Å². The number of allylic oxidation sites excluding steroid dienone is 1. The topological polar surface area (TPSA) is 30.5 Å². The Labute approximate surface area is 125 Å². The van der Waals surface area contributed by atoms with Crippen molar-refractivity contribution < 1.29 is 9.47 Å². The van der Waals surface area contributed by atoms with Gasteiger partial charge in [-0.3, -0.25) is 0 Å². The maximum atomic E-state index is 5.39. The van der Waals surface area contributed by atoms with Crippen LogP contribution in [0, 0.1) is 0 Å². The van der Waals surface area contributed by atoms with Crippen LogP contribution in [-0.4, -0.2) is 26.5 Å². The molecule has 1 aromatic carbocycles. The van der Waals surface area contributed by atoms with Crippen LogP contribution in [0.5, 0.6) is 11.5 Å². The minimum Gasteiger partial charge on any atom is -0.493 e. The molecule has 0 saturated carbocycles. The molecule has 1 aromatic rings. The molecular formula is C16H23NO2S. The van der Waals surface area contributed by atoms with E-state index in [1.807, 2.05) is 0 Å². The van der Waals surface area contributed by atoms with Gasteiger partial charge in [-0.15, -0.1) is 11.8 Å². The van der Waals surface area contributed by atoms with Crippen molar-refractivity contribution in [3.05, 3.63) is 29.8 Å². The molecule has 0 fully saturated rings. The Morgan fingerprint density at radius 3 is 2.55 bits per heavy atom. The van der Waals surface area contributed by atoms with Gasteiger partial charge in [0.1, 0.15) is 0 Å². The van der Waals surface area contributed by atoms with E-state index in [9.17, 15) is 0 Å². The number of benzene rings is 1. The fourth-order valence-electron chi connectivity index (χ4n) is 2.46. The van der Waals surface area contributed by atoms with Gasteiger partial charge >= 0.3 is 0 Å². The third-order valence-corrected chi connectivity index (χ3v) is 4.46. The molecule has 1 atom stereocenters. The Hall–Kier alpha value is -1.13. The van der Waals surface area contributed by atoms with E-state index in [1.165, 1.54) is 23.3 Å². The van der Waals surface area contributed by atoms with Gasteiger partial charge < -0.3 is 14.8 Å². The molecule has 0 aromatic heterocycles. The fourth-order valence-corrected chi connectivity index (χ4v) is 3.08. The molecule has 0 radical (unpaired) electrons.